The van der Waals surface area contributed by atoms with E-state index < -0.39 is 24.0 Å². The lowest BCUT2D eigenvalue weighted by molar-refractivity contribution is -0.143. The van der Waals surface area contributed by atoms with Crippen LogP contribution in [0.1, 0.15) is 94.8 Å². The summed E-state index contributed by atoms with van der Waals surface area (Å²) in [6.45, 7) is 7.34. The molecule has 4 aliphatic heterocycles. The van der Waals surface area contributed by atoms with Gasteiger partial charge >= 0.3 is 0 Å². The van der Waals surface area contributed by atoms with Gasteiger partial charge in [0.25, 0.3) is 11.8 Å². The molecule has 1 saturated carbocycles. The number of para-hydroxylation sites is 1. The molecule has 18 nitrogen and oxygen atoms in total. The number of hydrogen-bond donors (Lipinski definition) is 4. The van der Waals surface area contributed by atoms with Gasteiger partial charge in [0.05, 0.1) is 17.5 Å². The number of rotatable bonds is 14. The number of fused-ring (bicyclic) bond motifs is 2. The summed E-state index contributed by atoms with van der Waals surface area (Å²) < 4.78 is 26.4. The van der Waals surface area contributed by atoms with E-state index in [0.29, 0.717) is 57.6 Å². The number of hydroxylamine groups is 1. The van der Waals surface area contributed by atoms with Crippen molar-refractivity contribution in [3.8, 4) is 39.8 Å². The highest BCUT2D eigenvalue weighted by molar-refractivity contribution is 5.91. The minimum absolute atomic E-state index is 0.0204. The van der Waals surface area contributed by atoms with Crippen molar-refractivity contribution < 1.29 is 38.3 Å². The molecule has 19 heteroatoms. The van der Waals surface area contributed by atoms with E-state index in [-0.39, 0.29) is 54.5 Å². The van der Waals surface area contributed by atoms with E-state index in [2.05, 4.69) is 35.5 Å². The number of amides is 2. The van der Waals surface area contributed by atoms with Crippen molar-refractivity contribution in [2.24, 2.45) is 5.92 Å². The number of ether oxygens (including phenoxy) is 1. The highest BCUT2D eigenvalue weighted by Gasteiger charge is 2.45. The number of β-amino-alcohol motifs (C(OH)–C–C–N with tert-alkyl or cyclic N) is 1. The number of likely N-dealkylation sites (tertiary alicyclic amines) is 2. The zero-order chi connectivity index (χ0) is 51.7. The Labute approximate surface area is 435 Å². The van der Waals surface area contributed by atoms with Crippen LogP contribution < -0.4 is 30.6 Å². The van der Waals surface area contributed by atoms with Gasteiger partial charge in [-0.3, -0.25) is 9.59 Å². The number of nitrogens with one attached hydrogen (secondary N) is 1. The van der Waals surface area contributed by atoms with Crippen molar-refractivity contribution in [1.29, 1.82) is 0 Å². The second kappa shape index (κ2) is 21.5. The third-order valence-corrected chi connectivity index (χ3v) is 16.1. The molecule has 5 aliphatic rings. The molecule has 392 valence electrons. The second-order valence-corrected chi connectivity index (χ2v) is 21.1. The Morgan fingerprint density at radius 3 is 2.20 bits per heavy atom. The third-order valence-electron chi connectivity index (χ3n) is 16.1. The summed E-state index contributed by atoms with van der Waals surface area (Å²) in [6, 6.07) is 23.8. The molecule has 11 rings (SSSR count). The van der Waals surface area contributed by atoms with Gasteiger partial charge in [0.2, 0.25) is 11.9 Å². The van der Waals surface area contributed by atoms with Gasteiger partial charge in [-0.15, -0.1) is 10.2 Å². The van der Waals surface area contributed by atoms with E-state index in [1.54, 1.807) is 60.7 Å². The molecule has 1 aliphatic carbocycles. The van der Waals surface area contributed by atoms with Crippen LogP contribution >= 0.6 is 0 Å². The number of anilines is 3. The summed E-state index contributed by atoms with van der Waals surface area (Å²) in [6.07, 6.45) is 11.1. The summed E-state index contributed by atoms with van der Waals surface area (Å²) in [5.74, 6) is 0.430. The number of phenolic OH excluding ortho intramolecular Hbond substituents is 1. The maximum Gasteiger partial charge on any atom is 0.275 e. The smallest absolute Gasteiger partial charge is 0.275 e. The first-order valence-corrected chi connectivity index (χ1v) is 26.4. The average molecular weight is 1020 g/mol. The maximum absolute atomic E-state index is 14.3. The highest BCUT2D eigenvalue weighted by atomic mass is 19.1. The van der Waals surface area contributed by atoms with Crippen LogP contribution in [-0.2, 0) is 9.59 Å². The Morgan fingerprint density at radius 1 is 0.827 bits per heavy atom. The van der Waals surface area contributed by atoms with E-state index >= 15 is 0 Å². The SMILES string of the molecule is CC(C)[C@@H](C(=O)N1C[C@H](O)C[C@H]1C(=O)NOc1ccc(-c2ccccc2F)cc1)c1cc(OC2CCC(N3CCC(c4cnc(N5C6CCC5CN(c5cc(-c7ccccc7O)nnc5N)C6)nc4)CC3)CC2)no1. The number of piperazine rings is 1. The van der Waals surface area contributed by atoms with Crippen molar-refractivity contribution >= 4 is 29.3 Å². The Balaban J connectivity index is 0.635. The predicted octanol–water partition coefficient (Wildman–Crippen LogP) is 7.25. The lowest BCUT2D eigenvalue weighted by Crippen LogP contribution is -2.54. The molecular weight excluding hydrogens is 958 g/mol. The molecule has 0 spiro atoms. The van der Waals surface area contributed by atoms with Gasteiger partial charge in [-0.25, -0.2) is 14.4 Å². The third kappa shape index (κ3) is 10.5. The lowest BCUT2D eigenvalue weighted by Gasteiger charge is -2.42. The number of aliphatic hydroxyl groups excluding tert-OH is 1. The summed E-state index contributed by atoms with van der Waals surface area (Å²) in [4.78, 5) is 51.9. The Bertz CT molecular complexity index is 2950. The summed E-state index contributed by atoms with van der Waals surface area (Å²) >= 11 is 0. The molecule has 5 fully saturated rings. The number of benzene rings is 3. The first kappa shape index (κ1) is 49.8. The van der Waals surface area contributed by atoms with Gasteiger partial charge in [-0.1, -0.05) is 56.3 Å². The Morgan fingerprint density at radius 2 is 1.51 bits per heavy atom. The number of nitrogens with zero attached hydrogens (tertiary/aromatic N) is 9. The largest absolute Gasteiger partial charge is 0.507 e. The van der Waals surface area contributed by atoms with Crippen LogP contribution in [0.2, 0.25) is 0 Å². The number of piperidine rings is 1. The minimum atomic E-state index is -0.978. The van der Waals surface area contributed by atoms with Gasteiger partial charge in [-0.2, -0.15) is 5.48 Å². The molecule has 5 atom stereocenters. The van der Waals surface area contributed by atoms with Gasteiger partial charge < -0.3 is 49.6 Å². The fraction of sp³-hybridized carbons (Fsp3) is 0.446. The number of phenols is 1. The van der Waals surface area contributed by atoms with Crippen LogP contribution in [-0.4, -0.2) is 126 Å². The minimum Gasteiger partial charge on any atom is -0.507 e. The van der Waals surface area contributed by atoms with E-state index in [4.69, 9.17) is 29.8 Å². The molecule has 2 amide bonds. The van der Waals surface area contributed by atoms with Gasteiger partial charge in [0.1, 0.15) is 29.6 Å². The first-order valence-electron chi connectivity index (χ1n) is 26.4. The van der Waals surface area contributed by atoms with Crippen molar-refractivity contribution in [3.63, 3.8) is 0 Å². The van der Waals surface area contributed by atoms with Crippen molar-refractivity contribution in [2.45, 2.75) is 120 Å². The first-order chi connectivity index (χ1) is 36.4. The fourth-order valence-corrected chi connectivity index (χ4v) is 12.1. The number of carbonyl (C=O) groups excluding carboxylic acids is 2. The second-order valence-electron chi connectivity index (χ2n) is 21.1. The number of aromatic nitrogens is 5. The summed E-state index contributed by atoms with van der Waals surface area (Å²) in [5.41, 5.74) is 13.1. The van der Waals surface area contributed by atoms with Crippen LogP contribution in [0.5, 0.6) is 17.4 Å². The molecule has 3 aromatic heterocycles. The zero-order valence-electron chi connectivity index (χ0n) is 42.2. The number of hydrogen-bond acceptors (Lipinski definition) is 16. The molecule has 4 saturated heterocycles. The monoisotopic (exact) mass is 1020 g/mol. The van der Waals surface area contributed by atoms with Crippen molar-refractivity contribution in [1.82, 2.24) is 40.6 Å². The summed E-state index contributed by atoms with van der Waals surface area (Å²) in [5, 5.41) is 33.9. The average Bonchev–Trinajstić information content (AvgIpc) is 4.13. The summed E-state index contributed by atoms with van der Waals surface area (Å²) in [7, 11) is 0. The standard InChI is InChI=1S/C56H64FN11O7/c1-33(2)52(55(72)67-32-40(69)25-48(67)54(71)64-74-42-17-11-35(12-18-42)43-7-3-5-9-45(43)57)50-27-51(63-75-50)73-41-19-15-37(16-20-41)65-23-21-34(22-24-65)36-28-59-56(60-29-36)68-38-13-14-39(68)31-66(30-38)47-26-46(61-62-53(47)58)44-8-4-6-10-49(44)70/h3-12,17-18,26-29,33-34,37-41,48,52,69-70H,13-16,19-25,30-32H2,1-2H3,(H2,58,62)(H,64,71)/t37?,38?,39?,40-,41?,48+,52-/m1/s1. The fourth-order valence-electron chi connectivity index (χ4n) is 12.1. The maximum atomic E-state index is 14.3. The van der Waals surface area contributed by atoms with E-state index in [1.807, 2.05) is 44.4 Å². The Hall–Kier alpha value is -7.38. The molecule has 2 bridgehead atoms. The molecule has 2 unspecified atom stereocenters. The zero-order valence-corrected chi connectivity index (χ0v) is 42.2. The van der Waals surface area contributed by atoms with Gasteiger partial charge in [0, 0.05) is 73.8 Å². The number of aromatic hydroxyl groups is 1. The number of halogens is 1. The van der Waals surface area contributed by atoms with Crippen molar-refractivity contribution in [2.75, 3.05) is 48.3 Å². The van der Waals surface area contributed by atoms with Crippen LogP contribution in [0, 0.1) is 11.7 Å². The topological polar surface area (TPSA) is 222 Å². The molecule has 75 heavy (non-hydrogen) atoms. The van der Waals surface area contributed by atoms with Crippen molar-refractivity contribution in [3.05, 3.63) is 114 Å². The Kier molecular flexibility index (Phi) is 14.3. The number of nitrogens with two attached hydrogens (primary N) is 1. The molecule has 3 aromatic carbocycles. The molecule has 5 N–H and O–H groups in total. The number of nitrogen functional groups attached to an aromatic ring is 1. The lowest BCUT2D eigenvalue weighted by atomic mass is 9.87. The number of aliphatic hydroxyl groups is 1. The molecule has 7 heterocycles. The highest BCUT2D eigenvalue weighted by Crippen LogP contribution is 2.40. The van der Waals surface area contributed by atoms with E-state index in [1.165, 1.54) is 16.5 Å². The quantitative estimate of drug-likeness (QED) is 0.0789. The molecule has 6 aromatic rings. The number of carbonyl (C=O) groups is 2. The van der Waals surface area contributed by atoms with Gasteiger partial charge in [0.15, 0.2) is 17.3 Å². The normalized spacial score (nSPS) is 23.6. The van der Waals surface area contributed by atoms with Gasteiger partial charge in [-0.05, 0) is 129 Å². The van der Waals surface area contributed by atoms with Crippen LogP contribution in [0.4, 0.5) is 21.8 Å². The molecule has 0 radical (unpaired) electrons. The van der Waals surface area contributed by atoms with Crippen LogP contribution in [0.3, 0.4) is 0 Å². The van der Waals surface area contributed by atoms with E-state index in [9.17, 15) is 24.2 Å². The van der Waals surface area contributed by atoms with Crippen LogP contribution in [0.15, 0.2) is 102 Å². The van der Waals surface area contributed by atoms with Crippen LogP contribution in [0.25, 0.3) is 22.4 Å². The van der Waals surface area contributed by atoms with E-state index in [0.717, 1.165) is 89.2 Å². The predicted molar refractivity (Wildman–Crippen MR) is 278 cm³/mol. The molecular formula is C56H64FN11O7.